The Labute approximate surface area is 92.9 Å². The van der Waals surface area contributed by atoms with Gasteiger partial charge in [-0.25, -0.2) is 0 Å². The molecule has 0 saturated carbocycles. The van der Waals surface area contributed by atoms with Crippen LogP contribution < -0.4 is 4.74 Å². The number of hydrogen-bond acceptors (Lipinski definition) is 3. The predicted octanol–water partition coefficient (Wildman–Crippen LogP) is 2.23. The molecule has 0 spiro atoms. The van der Waals surface area contributed by atoms with E-state index in [4.69, 9.17) is 21.1 Å². The number of benzene rings is 1. The van der Waals surface area contributed by atoms with E-state index in [0.717, 1.165) is 6.42 Å². The smallest absolute Gasteiger partial charge is 0.256 e. The molecule has 0 amide bonds. The van der Waals surface area contributed by atoms with Crippen LogP contribution >= 0.6 is 11.6 Å². The molecule has 1 aliphatic rings. The summed E-state index contributed by atoms with van der Waals surface area (Å²) in [5, 5.41) is -0.496. The SMILES string of the molecule is O=C(Cl)c1ccccc1OC1CCOC1. The zero-order chi connectivity index (χ0) is 10.7. The van der Waals surface area contributed by atoms with Crippen LogP contribution in [0.5, 0.6) is 5.75 Å². The standard InChI is InChI=1S/C11H11ClO3/c12-11(13)9-3-1-2-4-10(9)15-8-5-6-14-7-8/h1-4,8H,5-7H2. The molecule has 1 aromatic rings. The number of rotatable bonds is 3. The van der Waals surface area contributed by atoms with Crippen molar-refractivity contribution in [2.24, 2.45) is 0 Å². The minimum atomic E-state index is -0.496. The lowest BCUT2D eigenvalue weighted by molar-refractivity contribution is 0.106. The molecule has 15 heavy (non-hydrogen) atoms. The third-order valence-corrected chi connectivity index (χ3v) is 2.48. The molecule has 1 heterocycles. The lowest BCUT2D eigenvalue weighted by atomic mass is 10.2. The lowest BCUT2D eigenvalue weighted by Gasteiger charge is -2.13. The largest absolute Gasteiger partial charge is 0.487 e. The number of para-hydroxylation sites is 1. The summed E-state index contributed by atoms with van der Waals surface area (Å²) < 4.78 is 10.8. The molecule has 80 valence electrons. The van der Waals surface area contributed by atoms with E-state index >= 15 is 0 Å². The van der Waals surface area contributed by atoms with Crippen LogP contribution in [0.25, 0.3) is 0 Å². The molecule has 1 saturated heterocycles. The Morgan fingerprint density at radius 1 is 1.47 bits per heavy atom. The van der Waals surface area contributed by atoms with Crippen LogP contribution in [0.3, 0.4) is 0 Å². The van der Waals surface area contributed by atoms with Crippen LogP contribution in [0.15, 0.2) is 24.3 Å². The zero-order valence-corrected chi connectivity index (χ0v) is 8.87. The maximum absolute atomic E-state index is 11.1. The zero-order valence-electron chi connectivity index (χ0n) is 8.11. The van der Waals surface area contributed by atoms with E-state index < -0.39 is 5.24 Å². The molecule has 1 aromatic carbocycles. The molecule has 0 aliphatic carbocycles. The summed E-state index contributed by atoms with van der Waals surface area (Å²) in [6, 6.07) is 6.97. The highest BCUT2D eigenvalue weighted by molar-refractivity contribution is 6.68. The molecule has 1 fully saturated rings. The predicted molar refractivity (Wildman–Crippen MR) is 56.5 cm³/mol. The number of halogens is 1. The second-order valence-corrected chi connectivity index (χ2v) is 3.72. The monoisotopic (exact) mass is 226 g/mol. The number of carbonyl (C=O) groups is 1. The van der Waals surface area contributed by atoms with Crippen LogP contribution in [0.4, 0.5) is 0 Å². The van der Waals surface area contributed by atoms with E-state index in [2.05, 4.69) is 0 Å². The molecule has 0 aromatic heterocycles. The van der Waals surface area contributed by atoms with E-state index in [1.54, 1.807) is 18.2 Å². The topological polar surface area (TPSA) is 35.5 Å². The highest BCUT2D eigenvalue weighted by Gasteiger charge is 2.19. The second-order valence-electron chi connectivity index (χ2n) is 3.37. The van der Waals surface area contributed by atoms with Crippen LogP contribution in [-0.2, 0) is 4.74 Å². The molecule has 0 radical (unpaired) electrons. The Balaban J connectivity index is 2.15. The van der Waals surface area contributed by atoms with Gasteiger partial charge in [-0.2, -0.15) is 0 Å². The van der Waals surface area contributed by atoms with Crippen molar-refractivity contribution < 1.29 is 14.3 Å². The fourth-order valence-electron chi connectivity index (χ4n) is 1.52. The number of hydrogen-bond donors (Lipinski definition) is 0. The molecular formula is C11H11ClO3. The van der Waals surface area contributed by atoms with Gasteiger partial charge >= 0.3 is 0 Å². The highest BCUT2D eigenvalue weighted by atomic mass is 35.5. The average molecular weight is 227 g/mol. The van der Waals surface area contributed by atoms with E-state index in [9.17, 15) is 4.79 Å². The summed E-state index contributed by atoms with van der Waals surface area (Å²) in [4.78, 5) is 11.1. The maximum atomic E-state index is 11.1. The number of carbonyl (C=O) groups excluding carboxylic acids is 1. The fraction of sp³-hybridized carbons (Fsp3) is 0.364. The minimum Gasteiger partial charge on any atom is -0.487 e. The summed E-state index contributed by atoms with van der Waals surface area (Å²) in [7, 11) is 0. The van der Waals surface area contributed by atoms with E-state index in [-0.39, 0.29) is 6.10 Å². The molecule has 3 nitrogen and oxygen atoms in total. The van der Waals surface area contributed by atoms with Crippen LogP contribution in [0.1, 0.15) is 16.8 Å². The van der Waals surface area contributed by atoms with Crippen LogP contribution in [0.2, 0.25) is 0 Å². The van der Waals surface area contributed by atoms with Gasteiger partial charge in [0.15, 0.2) is 0 Å². The van der Waals surface area contributed by atoms with Crippen molar-refractivity contribution in [3.63, 3.8) is 0 Å². The molecular weight excluding hydrogens is 216 g/mol. The Bertz CT molecular complexity index is 359. The van der Waals surface area contributed by atoms with E-state index in [0.29, 0.717) is 24.5 Å². The Morgan fingerprint density at radius 2 is 2.27 bits per heavy atom. The van der Waals surface area contributed by atoms with Gasteiger partial charge < -0.3 is 9.47 Å². The van der Waals surface area contributed by atoms with Crippen LogP contribution in [0, 0.1) is 0 Å². The lowest BCUT2D eigenvalue weighted by Crippen LogP contribution is -2.16. The quantitative estimate of drug-likeness (QED) is 0.742. The van der Waals surface area contributed by atoms with Crippen molar-refractivity contribution in [1.29, 1.82) is 0 Å². The first-order valence-electron chi connectivity index (χ1n) is 4.80. The van der Waals surface area contributed by atoms with Gasteiger partial charge in [0.2, 0.25) is 0 Å². The van der Waals surface area contributed by atoms with Gasteiger partial charge in [0.25, 0.3) is 5.24 Å². The Kier molecular flexibility index (Phi) is 3.23. The maximum Gasteiger partial charge on any atom is 0.256 e. The van der Waals surface area contributed by atoms with Gasteiger partial charge in [-0.05, 0) is 23.7 Å². The summed E-state index contributed by atoms with van der Waals surface area (Å²) in [6.45, 7) is 1.28. The Morgan fingerprint density at radius 3 is 2.93 bits per heavy atom. The summed E-state index contributed by atoms with van der Waals surface area (Å²) in [5.41, 5.74) is 0.408. The molecule has 0 N–H and O–H groups in total. The summed E-state index contributed by atoms with van der Waals surface area (Å²) in [6.07, 6.45) is 0.882. The minimum absolute atomic E-state index is 0.0298. The normalized spacial score (nSPS) is 20.2. The van der Waals surface area contributed by atoms with Gasteiger partial charge in [-0.3, -0.25) is 4.79 Å². The molecule has 1 aliphatic heterocycles. The summed E-state index contributed by atoms with van der Waals surface area (Å²) in [5.74, 6) is 0.535. The van der Waals surface area contributed by atoms with Crippen LogP contribution in [-0.4, -0.2) is 24.6 Å². The molecule has 0 bridgehead atoms. The first kappa shape index (κ1) is 10.5. The molecule has 2 rings (SSSR count). The van der Waals surface area contributed by atoms with E-state index in [1.807, 2.05) is 6.07 Å². The van der Waals surface area contributed by atoms with Crippen molar-refractivity contribution in [2.45, 2.75) is 12.5 Å². The van der Waals surface area contributed by atoms with Crippen molar-refractivity contribution in [1.82, 2.24) is 0 Å². The molecule has 4 heteroatoms. The first-order chi connectivity index (χ1) is 7.27. The van der Waals surface area contributed by atoms with Gasteiger partial charge in [0.05, 0.1) is 18.8 Å². The molecule has 1 unspecified atom stereocenters. The van der Waals surface area contributed by atoms with Gasteiger partial charge in [-0.15, -0.1) is 0 Å². The average Bonchev–Trinajstić information content (AvgIpc) is 2.71. The van der Waals surface area contributed by atoms with Gasteiger partial charge in [0.1, 0.15) is 11.9 Å². The summed E-state index contributed by atoms with van der Waals surface area (Å²) >= 11 is 5.44. The fourth-order valence-corrected chi connectivity index (χ4v) is 1.67. The Hall–Kier alpha value is -1.06. The highest BCUT2D eigenvalue weighted by Crippen LogP contribution is 2.23. The first-order valence-corrected chi connectivity index (χ1v) is 5.18. The number of ether oxygens (including phenoxy) is 2. The third kappa shape index (κ3) is 2.49. The van der Waals surface area contributed by atoms with E-state index in [1.165, 1.54) is 0 Å². The molecule has 1 atom stereocenters. The second kappa shape index (κ2) is 4.64. The van der Waals surface area contributed by atoms with Crippen molar-refractivity contribution in [3.05, 3.63) is 29.8 Å². The van der Waals surface area contributed by atoms with Crippen molar-refractivity contribution in [2.75, 3.05) is 13.2 Å². The van der Waals surface area contributed by atoms with Crippen molar-refractivity contribution >= 4 is 16.8 Å². The van der Waals surface area contributed by atoms with Gasteiger partial charge in [0, 0.05) is 6.42 Å². The van der Waals surface area contributed by atoms with Crippen molar-refractivity contribution in [3.8, 4) is 5.75 Å². The third-order valence-electron chi connectivity index (χ3n) is 2.28. The van der Waals surface area contributed by atoms with Gasteiger partial charge in [-0.1, -0.05) is 12.1 Å².